The second-order valence-corrected chi connectivity index (χ2v) is 14.0. The molecule has 0 heterocycles. The molecule has 0 radical (unpaired) electrons. The minimum Gasteiger partial charge on any atom is -0.326 e. The van der Waals surface area contributed by atoms with Crippen molar-refractivity contribution in [2.75, 3.05) is 0 Å². The zero-order valence-corrected chi connectivity index (χ0v) is 27.9. The molecule has 0 unspecified atom stereocenters. The van der Waals surface area contributed by atoms with Gasteiger partial charge < -0.3 is 9.79 Å². The molecule has 0 spiro atoms. The van der Waals surface area contributed by atoms with E-state index in [1.807, 2.05) is 0 Å². The molecular formula is C36H34BrO3P3. The Hall–Kier alpha value is -3.19. The normalized spacial score (nSPS) is 10.2. The summed E-state index contributed by atoms with van der Waals surface area (Å²) in [6.07, 6.45) is 0. The van der Waals surface area contributed by atoms with Crippen molar-refractivity contribution in [1.29, 1.82) is 0 Å². The molecule has 3 nitrogen and oxygen atoms in total. The first-order chi connectivity index (χ1) is 20.6. The average molecular weight is 687 g/mol. The minimum atomic E-state index is -3.13. The van der Waals surface area contributed by atoms with Crippen molar-refractivity contribution in [3.8, 4) is 0 Å². The third-order valence-electron chi connectivity index (χ3n) is 6.09. The van der Waals surface area contributed by atoms with Crippen LogP contribution in [0.2, 0.25) is 0 Å². The maximum atomic E-state index is 8.74. The van der Waals surface area contributed by atoms with Crippen LogP contribution in [0.4, 0.5) is 0 Å². The number of benzene rings is 6. The molecule has 218 valence electrons. The van der Waals surface area contributed by atoms with Crippen LogP contribution in [0, 0.1) is 0 Å². The maximum absolute atomic E-state index is 8.74. The fourth-order valence-corrected chi connectivity index (χ4v) is 8.97. The molecule has 0 aromatic heterocycles. The van der Waals surface area contributed by atoms with Crippen LogP contribution >= 0.6 is 41.1 Å². The molecule has 0 fully saturated rings. The lowest BCUT2D eigenvalue weighted by atomic mass is 10.4. The summed E-state index contributed by atoms with van der Waals surface area (Å²) in [7, 11) is -4.02. The highest BCUT2D eigenvalue weighted by Crippen LogP contribution is 2.33. The SMILES string of the molecule is Br.O=[PH](O)O.c1ccc(P(c2ccccc2)c2ccccc2)cc1.c1ccc(P(c2ccccc2)c2ccccc2)cc1. The second kappa shape index (κ2) is 19.2. The summed E-state index contributed by atoms with van der Waals surface area (Å²) in [5.41, 5.74) is 0. The number of rotatable bonds is 6. The molecule has 0 aliphatic carbocycles. The first kappa shape index (κ1) is 34.3. The summed E-state index contributed by atoms with van der Waals surface area (Å²) in [6, 6.07) is 64.7. The van der Waals surface area contributed by atoms with Crippen molar-refractivity contribution in [2.45, 2.75) is 0 Å². The van der Waals surface area contributed by atoms with Gasteiger partial charge in [-0.3, -0.25) is 4.57 Å². The standard InChI is InChI=1S/2C18H15P.BrH.H3O3P/c2*1-4-10-16(11-5-1)19(17-12-6-2-7-13-17)18-14-8-3-9-15-18;;1-4(2)3/h2*1-15H;1H;4H,(H2,1,2,3). The predicted molar refractivity (Wildman–Crippen MR) is 194 cm³/mol. The summed E-state index contributed by atoms with van der Waals surface area (Å²) in [5, 5.41) is 8.39. The van der Waals surface area contributed by atoms with Crippen molar-refractivity contribution in [3.63, 3.8) is 0 Å². The summed E-state index contributed by atoms with van der Waals surface area (Å²) in [4.78, 5) is 14.3. The number of halogens is 1. The van der Waals surface area contributed by atoms with Crippen molar-refractivity contribution >= 4 is 72.9 Å². The van der Waals surface area contributed by atoms with Gasteiger partial charge in [0.05, 0.1) is 0 Å². The van der Waals surface area contributed by atoms with Gasteiger partial charge in [-0.15, -0.1) is 17.0 Å². The molecule has 0 atom stereocenters. The third kappa shape index (κ3) is 11.1. The highest BCUT2D eigenvalue weighted by atomic mass is 79.9. The highest BCUT2D eigenvalue weighted by molar-refractivity contribution is 8.93. The van der Waals surface area contributed by atoms with E-state index in [0.717, 1.165) is 0 Å². The molecule has 6 aromatic carbocycles. The van der Waals surface area contributed by atoms with Crippen LogP contribution in [0.25, 0.3) is 0 Å². The summed E-state index contributed by atoms with van der Waals surface area (Å²) in [6.45, 7) is 0. The van der Waals surface area contributed by atoms with E-state index in [0.29, 0.717) is 0 Å². The van der Waals surface area contributed by atoms with Crippen molar-refractivity contribution < 1.29 is 14.4 Å². The van der Waals surface area contributed by atoms with Crippen LogP contribution in [-0.2, 0) is 4.57 Å². The van der Waals surface area contributed by atoms with Gasteiger partial charge in [0, 0.05) is 0 Å². The molecule has 0 amide bonds. The quantitative estimate of drug-likeness (QED) is 0.189. The van der Waals surface area contributed by atoms with Gasteiger partial charge in [-0.05, 0) is 47.7 Å². The van der Waals surface area contributed by atoms with E-state index in [-0.39, 0.29) is 17.0 Å². The highest BCUT2D eigenvalue weighted by Gasteiger charge is 2.16. The van der Waals surface area contributed by atoms with Gasteiger partial charge in [0.1, 0.15) is 0 Å². The molecule has 6 aromatic rings. The van der Waals surface area contributed by atoms with Gasteiger partial charge in [0.2, 0.25) is 0 Å². The zero-order chi connectivity index (χ0) is 29.4. The summed E-state index contributed by atoms with van der Waals surface area (Å²) >= 11 is 0. The smallest absolute Gasteiger partial charge is 0.314 e. The predicted octanol–water partition coefficient (Wildman–Crippen LogP) is 6.83. The number of hydrogen-bond acceptors (Lipinski definition) is 1. The van der Waals surface area contributed by atoms with E-state index < -0.39 is 24.1 Å². The van der Waals surface area contributed by atoms with E-state index in [9.17, 15) is 0 Å². The minimum absolute atomic E-state index is 0. The molecule has 2 N–H and O–H groups in total. The third-order valence-corrected chi connectivity index (χ3v) is 11.0. The van der Waals surface area contributed by atoms with Gasteiger partial charge in [-0.2, -0.15) is 0 Å². The monoisotopic (exact) mass is 686 g/mol. The van der Waals surface area contributed by atoms with Gasteiger partial charge in [0.25, 0.3) is 0 Å². The molecule has 43 heavy (non-hydrogen) atoms. The van der Waals surface area contributed by atoms with Gasteiger partial charge in [-0.25, -0.2) is 0 Å². The molecule has 0 aliphatic heterocycles. The maximum Gasteiger partial charge on any atom is 0.314 e. The topological polar surface area (TPSA) is 57.5 Å². The zero-order valence-electron chi connectivity index (χ0n) is 23.4. The van der Waals surface area contributed by atoms with Crippen molar-refractivity contribution in [2.24, 2.45) is 0 Å². The van der Waals surface area contributed by atoms with Crippen LogP contribution in [0.15, 0.2) is 182 Å². The Morgan fingerprint density at radius 1 is 0.326 bits per heavy atom. The fourth-order valence-electron chi connectivity index (χ4n) is 4.36. The lowest BCUT2D eigenvalue weighted by Gasteiger charge is -2.18. The first-order valence-corrected chi connectivity index (χ1v) is 17.4. The van der Waals surface area contributed by atoms with Crippen LogP contribution in [-0.4, -0.2) is 9.79 Å². The summed E-state index contributed by atoms with van der Waals surface area (Å²) < 4.78 is 8.74. The van der Waals surface area contributed by atoms with Crippen LogP contribution < -0.4 is 31.8 Å². The molecule has 0 aliphatic rings. The molecule has 0 bridgehead atoms. The molecule has 0 saturated heterocycles. The van der Waals surface area contributed by atoms with E-state index in [2.05, 4.69) is 182 Å². The molecular weight excluding hydrogens is 653 g/mol. The second-order valence-electron chi connectivity index (χ2n) is 8.97. The Bertz CT molecular complexity index is 1280. The van der Waals surface area contributed by atoms with Crippen LogP contribution in [0.5, 0.6) is 0 Å². The molecule has 7 heteroatoms. The fraction of sp³-hybridized carbons (Fsp3) is 0. The van der Waals surface area contributed by atoms with Crippen molar-refractivity contribution in [3.05, 3.63) is 182 Å². The average Bonchev–Trinajstić information content (AvgIpc) is 3.05. The Morgan fingerprint density at radius 2 is 0.442 bits per heavy atom. The van der Waals surface area contributed by atoms with Gasteiger partial charge in [-0.1, -0.05) is 182 Å². The van der Waals surface area contributed by atoms with E-state index in [4.69, 9.17) is 14.4 Å². The Kier molecular flexibility index (Phi) is 15.3. The van der Waals surface area contributed by atoms with Crippen LogP contribution in [0.1, 0.15) is 0 Å². The van der Waals surface area contributed by atoms with E-state index in [1.165, 1.54) is 31.8 Å². The largest absolute Gasteiger partial charge is 0.326 e. The van der Waals surface area contributed by atoms with Gasteiger partial charge in [0.15, 0.2) is 0 Å². The first-order valence-electron chi connectivity index (χ1n) is 13.5. The van der Waals surface area contributed by atoms with Gasteiger partial charge >= 0.3 is 8.25 Å². The number of hydrogen-bond donors (Lipinski definition) is 2. The lowest BCUT2D eigenvalue weighted by molar-refractivity contribution is 0.405. The van der Waals surface area contributed by atoms with E-state index >= 15 is 0 Å². The lowest BCUT2D eigenvalue weighted by Crippen LogP contribution is -2.20. The summed E-state index contributed by atoms with van der Waals surface area (Å²) in [5.74, 6) is 0. The Balaban J connectivity index is 0.000000206. The Labute approximate surface area is 268 Å². The Morgan fingerprint density at radius 3 is 0.558 bits per heavy atom. The molecule has 0 saturated carbocycles. The van der Waals surface area contributed by atoms with E-state index in [1.54, 1.807) is 0 Å². The van der Waals surface area contributed by atoms with Crippen molar-refractivity contribution in [1.82, 2.24) is 0 Å². The molecule has 6 rings (SSSR count). The van der Waals surface area contributed by atoms with Crippen LogP contribution in [0.3, 0.4) is 0 Å².